The molecule has 1 aliphatic rings. The molecule has 1 unspecified atom stereocenters. The minimum atomic E-state index is -1.75. The van der Waals surface area contributed by atoms with Gasteiger partial charge in [-0.05, 0) is 0 Å². The first-order valence-corrected chi connectivity index (χ1v) is 5.68. The predicted octanol–water partition coefficient (Wildman–Crippen LogP) is -3.35. The SMILES string of the molecule is O=c1[nH]c(=O)n(C2O[C@H](CO)[C@H](O)[C@H](O)[C@H]2O)cc1F. The van der Waals surface area contributed by atoms with Crippen LogP contribution in [0.25, 0.3) is 0 Å². The summed E-state index contributed by atoms with van der Waals surface area (Å²) in [5.41, 5.74) is -2.31. The zero-order valence-electron chi connectivity index (χ0n) is 10.0. The second kappa shape index (κ2) is 5.42. The molecular weight excluding hydrogens is 279 g/mol. The van der Waals surface area contributed by atoms with Crippen molar-refractivity contribution in [2.24, 2.45) is 0 Å². The number of aliphatic hydroxyl groups excluding tert-OH is 4. The van der Waals surface area contributed by atoms with Crippen LogP contribution in [0.3, 0.4) is 0 Å². The van der Waals surface area contributed by atoms with Gasteiger partial charge in [-0.1, -0.05) is 0 Å². The number of aliphatic hydroxyl groups is 4. The Balaban J connectivity index is 2.44. The summed E-state index contributed by atoms with van der Waals surface area (Å²) >= 11 is 0. The van der Waals surface area contributed by atoms with E-state index in [0.717, 1.165) is 0 Å². The first-order valence-electron chi connectivity index (χ1n) is 5.68. The Hall–Kier alpha value is -1.59. The molecule has 2 rings (SSSR count). The molecule has 0 spiro atoms. The van der Waals surface area contributed by atoms with Gasteiger partial charge in [0, 0.05) is 0 Å². The number of H-pyrrole nitrogens is 1. The topological polar surface area (TPSA) is 145 Å². The number of hydrogen-bond donors (Lipinski definition) is 5. The van der Waals surface area contributed by atoms with Crippen LogP contribution in [-0.4, -0.2) is 61.0 Å². The summed E-state index contributed by atoms with van der Waals surface area (Å²) < 4.78 is 18.8. The highest BCUT2D eigenvalue weighted by Gasteiger charge is 2.44. The highest BCUT2D eigenvalue weighted by atomic mass is 19.1. The third kappa shape index (κ3) is 2.39. The van der Waals surface area contributed by atoms with E-state index in [1.165, 1.54) is 0 Å². The molecule has 0 aromatic carbocycles. The fraction of sp³-hybridized carbons (Fsp3) is 0.600. The minimum Gasteiger partial charge on any atom is -0.394 e. The lowest BCUT2D eigenvalue weighted by Gasteiger charge is -2.40. The number of ether oxygens (including phenoxy) is 1. The largest absolute Gasteiger partial charge is 0.394 e. The maximum Gasteiger partial charge on any atom is 0.330 e. The van der Waals surface area contributed by atoms with E-state index in [-0.39, 0.29) is 0 Å². The van der Waals surface area contributed by atoms with Crippen molar-refractivity contribution in [3.8, 4) is 0 Å². The van der Waals surface area contributed by atoms with E-state index < -0.39 is 54.3 Å². The number of rotatable bonds is 2. The fourth-order valence-corrected chi connectivity index (χ4v) is 1.96. The molecule has 0 radical (unpaired) electrons. The molecule has 1 fully saturated rings. The van der Waals surface area contributed by atoms with Crippen LogP contribution < -0.4 is 11.2 Å². The van der Waals surface area contributed by atoms with Gasteiger partial charge in [0.05, 0.1) is 12.8 Å². The molecule has 1 aliphatic heterocycles. The van der Waals surface area contributed by atoms with Crippen molar-refractivity contribution in [2.45, 2.75) is 30.6 Å². The summed E-state index contributed by atoms with van der Waals surface area (Å²) in [4.78, 5) is 24.1. The summed E-state index contributed by atoms with van der Waals surface area (Å²) in [6, 6.07) is 0. The molecule has 112 valence electrons. The number of aromatic amines is 1. The highest BCUT2D eigenvalue weighted by Crippen LogP contribution is 2.27. The molecule has 2 heterocycles. The lowest BCUT2D eigenvalue weighted by atomic mass is 9.98. The van der Waals surface area contributed by atoms with E-state index in [2.05, 4.69) is 0 Å². The van der Waals surface area contributed by atoms with Crippen molar-refractivity contribution < 1.29 is 29.6 Å². The number of aromatic nitrogens is 2. The van der Waals surface area contributed by atoms with Gasteiger partial charge in [-0.25, -0.2) is 4.79 Å². The number of hydrogen-bond acceptors (Lipinski definition) is 7. The van der Waals surface area contributed by atoms with E-state index in [4.69, 9.17) is 9.84 Å². The van der Waals surface area contributed by atoms with Crippen LogP contribution in [0.5, 0.6) is 0 Å². The Bertz CT molecular complexity index is 598. The molecule has 5 atom stereocenters. The first-order chi connectivity index (χ1) is 9.36. The van der Waals surface area contributed by atoms with E-state index >= 15 is 0 Å². The van der Waals surface area contributed by atoms with Crippen LogP contribution in [0.4, 0.5) is 4.39 Å². The van der Waals surface area contributed by atoms with E-state index in [0.29, 0.717) is 10.8 Å². The van der Waals surface area contributed by atoms with Crippen molar-refractivity contribution in [3.63, 3.8) is 0 Å². The average Bonchev–Trinajstić information content (AvgIpc) is 2.41. The second-order valence-electron chi connectivity index (χ2n) is 4.36. The summed E-state index contributed by atoms with van der Waals surface area (Å²) in [6.45, 7) is -0.692. The van der Waals surface area contributed by atoms with E-state index in [1.807, 2.05) is 0 Å². The zero-order valence-corrected chi connectivity index (χ0v) is 10.0. The molecule has 0 aliphatic carbocycles. The Kier molecular flexibility index (Phi) is 4.01. The van der Waals surface area contributed by atoms with Crippen LogP contribution in [0, 0.1) is 5.82 Å². The smallest absolute Gasteiger partial charge is 0.330 e. The first kappa shape index (κ1) is 14.8. The van der Waals surface area contributed by atoms with Gasteiger partial charge < -0.3 is 25.2 Å². The molecule has 1 saturated heterocycles. The molecule has 0 amide bonds. The van der Waals surface area contributed by atoms with Crippen LogP contribution in [0.15, 0.2) is 15.8 Å². The van der Waals surface area contributed by atoms with Gasteiger partial charge in [0.25, 0.3) is 5.56 Å². The molecular formula is C10H13FN2O7. The molecule has 1 aromatic rings. The summed E-state index contributed by atoms with van der Waals surface area (Å²) in [5.74, 6) is -1.29. The van der Waals surface area contributed by atoms with Crippen molar-refractivity contribution in [2.75, 3.05) is 6.61 Å². The molecule has 9 nitrogen and oxygen atoms in total. The molecule has 1 aromatic heterocycles. The van der Waals surface area contributed by atoms with Crippen LogP contribution in [0.2, 0.25) is 0 Å². The van der Waals surface area contributed by atoms with Gasteiger partial charge in [-0.15, -0.1) is 0 Å². The lowest BCUT2D eigenvalue weighted by molar-refractivity contribution is -0.252. The predicted molar refractivity (Wildman–Crippen MR) is 60.3 cm³/mol. The van der Waals surface area contributed by atoms with Gasteiger partial charge in [0.2, 0.25) is 5.82 Å². The van der Waals surface area contributed by atoms with Gasteiger partial charge in [0.1, 0.15) is 24.4 Å². The Labute approximate surface area is 110 Å². The number of nitrogens with one attached hydrogen (secondary N) is 1. The molecule has 10 heteroatoms. The highest BCUT2D eigenvalue weighted by molar-refractivity contribution is 4.95. The normalized spacial score (nSPS) is 34.1. The third-order valence-corrected chi connectivity index (χ3v) is 3.07. The Morgan fingerprint density at radius 2 is 1.90 bits per heavy atom. The quantitative estimate of drug-likeness (QED) is 0.383. The maximum absolute atomic E-state index is 13.2. The maximum atomic E-state index is 13.2. The van der Waals surface area contributed by atoms with Crippen molar-refractivity contribution in [1.82, 2.24) is 9.55 Å². The molecule has 20 heavy (non-hydrogen) atoms. The second-order valence-corrected chi connectivity index (χ2v) is 4.36. The Morgan fingerprint density at radius 1 is 1.25 bits per heavy atom. The lowest BCUT2D eigenvalue weighted by Crippen LogP contribution is -2.58. The molecule has 5 N–H and O–H groups in total. The summed E-state index contributed by atoms with van der Waals surface area (Å²) in [5, 5.41) is 37.9. The monoisotopic (exact) mass is 292 g/mol. The van der Waals surface area contributed by atoms with Crippen LogP contribution >= 0.6 is 0 Å². The van der Waals surface area contributed by atoms with E-state index in [1.54, 1.807) is 4.98 Å². The van der Waals surface area contributed by atoms with Gasteiger partial charge in [-0.2, -0.15) is 4.39 Å². The summed E-state index contributed by atoms with van der Waals surface area (Å²) in [7, 11) is 0. The van der Waals surface area contributed by atoms with Crippen LogP contribution in [-0.2, 0) is 4.74 Å². The zero-order chi connectivity index (χ0) is 15.0. The standard InChI is InChI=1S/C10H13FN2O7/c11-3-1-13(10(19)12-8(3)18)9-7(17)6(16)5(15)4(2-14)20-9/h1,4-7,9,14-17H,2H2,(H,12,18,19)/t4-,5+,6+,7-,9?/m1/s1. The average molecular weight is 292 g/mol. The van der Waals surface area contributed by atoms with Crippen molar-refractivity contribution >= 4 is 0 Å². The van der Waals surface area contributed by atoms with Gasteiger partial charge in [0.15, 0.2) is 6.23 Å². The Morgan fingerprint density at radius 3 is 2.50 bits per heavy atom. The minimum absolute atomic E-state index is 0.508. The van der Waals surface area contributed by atoms with Crippen LogP contribution in [0.1, 0.15) is 6.23 Å². The summed E-state index contributed by atoms with van der Waals surface area (Å²) in [6.07, 6.45) is -7.38. The number of nitrogens with zero attached hydrogens (tertiary/aromatic N) is 1. The number of halogens is 1. The van der Waals surface area contributed by atoms with Crippen molar-refractivity contribution in [3.05, 3.63) is 32.9 Å². The van der Waals surface area contributed by atoms with Gasteiger partial charge in [-0.3, -0.25) is 14.3 Å². The fourth-order valence-electron chi connectivity index (χ4n) is 1.96. The molecule has 0 bridgehead atoms. The van der Waals surface area contributed by atoms with Crippen molar-refractivity contribution in [1.29, 1.82) is 0 Å². The molecule has 0 saturated carbocycles. The third-order valence-electron chi connectivity index (χ3n) is 3.07. The van der Waals surface area contributed by atoms with E-state index in [9.17, 15) is 29.3 Å². The van der Waals surface area contributed by atoms with Gasteiger partial charge >= 0.3 is 5.69 Å².